The zero-order valence-electron chi connectivity index (χ0n) is 65.2. The van der Waals surface area contributed by atoms with E-state index in [2.05, 4.69) is 53.5 Å². The van der Waals surface area contributed by atoms with Crippen molar-refractivity contribution in [1.29, 1.82) is 0 Å². The first-order valence-electron chi connectivity index (χ1n) is 37.3. The number of unbranched alkanes of at least 4 members (excludes halogenated alkanes) is 1. The molecule has 0 aliphatic carbocycles. The topological polar surface area (TPSA) is 300 Å². The number of likely N-dealkylation sites (tertiary alicyclic amines) is 1. The average molecular weight is 1620 g/mol. The SMILES string of the molecule is CC(C)(C)OC(=O)N1CCCC(C(=O)O)C1.Clc1ccccn1.NC(c1ccc(Oc2ccccc2)cc1)c1nccnc1Cl.Nc1nccn2c(C3CCCNC3)nc(-c3ccc(Oc4ccccc4)cc3)c12.O=Cc1ccc(Oc2ccccc2)cc1.OC(c1ccc(Oc2ccccc2)cc1)c1nccnc1Cl.[CH2-]CCC.[Li+]. The number of fused-ring (bicyclic) bond motifs is 1. The zero-order chi connectivity index (χ0) is 81.7. The fourth-order valence-electron chi connectivity index (χ4n) is 11.3. The summed E-state index contributed by atoms with van der Waals surface area (Å²) in [6, 6.07) is 73.0. The number of nitrogens with one attached hydrogen (secondary N) is 1. The number of pyridine rings is 1. The fraction of sp³-hybridized carbons (Fsp3) is 0.211. The van der Waals surface area contributed by atoms with Gasteiger partial charge in [0.1, 0.15) is 97.7 Å². The van der Waals surface area contributed by atoms with Gasteiger partial charge in [0.25, 0.3) is 0 Å². The smallest absolute Gasteiger partial charge is 0.481 e. The number of piperidine rings is 2. The number of imidazole rings is 1. The number of benzene rings is 8. The van der Waals surface area contributed by atoms with Crippen LogP contribution in [0.2, 0.25) is 15.5 Å². The van der Waals surface area contributed by atoms with Gasteiger partial charge in [0.15, 0.2) is 10.3 Å². The summed E-state index contributed by atoms with van der Waals surface area (Å²) in [5, 5.41) is 23.7. The molecule has 4 unspecified atom stereocenters. The van der Waals surface area contributed by atoms with Gasteiger partial charge >= 0.3 is 30.9 Å². The molecule has 4 atom stereocenters. The second-order valence-corrected chi connectivity index (χ2v) is 28.0. The van der Waals surface area contributed by atoms with Gasteiger partial charge in [0.05, 0.1) is 17.7 Å². The first-order chi connectivity index (χ1) is 55.8. The Morgan fingerprint density at radius 2 is 1.04 bits per heavy atom. The van der Waals surface area contributed by atoms with Crippen LogP contribution in [-0.4, -0.2) is 105 Å². The molecule has 0 saturated carbocycles. The third-order valence-corrected chi connectivity index (χ3v) is 17.9. The molecular formula is C90H92Cl3LiN12O10. The van der Waals surface area contributed by atoms with Crippen LogP contribution in [0, 0.1) is 12.8 Å². The zero-order valence-corrected chi connectivity index (χ0v) is 67.5. The van der Waals surface area contributed by atoms with E-state index in [4.69, 9.17) is 80.0 Å². The second kappa shape index (κ2) is 47.3. The maximum absolute atomic E-state index is 11.7. The van der Waals surface area contributed by atoms with Gasteiger partial charge < -0.3 is 62.5 Å². The Labute approximate surface area is 703 Å². The Morgan fingerprint density at radius 3 is 1.47 bits per heavy atom. The molecule has 13 aromatic rings. The Morgan fingerprint density at radius 1 is 0.586 bits per heavy atom. The first kappa shape index (κ1) is 90.0. The summed E-state index contributed by atoms with van der Waals surface area (Å²) in [7, 11) is 0. The molecule has 8 aromatic carbocycles. The fourth-order valence-corrected chi connectivity index (χ4v) is 11.8. The second-order valence-electron chi connectivity index (χ2n) is 26.9. The Balaban J connectivity index is 0.000000178. The number of aliphatic hydroxyl groups excluding tert-OH is 1. The molecule has 26 heteroatoms. The standard InChI is InChI=1S/C23H23N5O.C17H14ClN3O.C17H13ClN2O2.C13H10O2.C11H19NO4.C5H4ClN.C4H9.Li/c24-22-21-20(16-8-10-19(11-9-16)29-18-6-2-1-3-7-18)27-23(28(21)14-13-26-22)17-5-4-12-25-15-17;18-17-16(20-10-11-21-17)15(19)12-6-8-14(9-7-12)22-13-4-2-1-3-5-13;18-17-15(19-10-11-20-17)16(21)12-6-8-14(9-7-12)22-13-4-2-1-3-5-13;14-10-11-6-8-13(9-7-11)15-12-4-2-1-3-5-12;1-11(2,3)16-10(15)12-6-4-5-8(7-12)9(13)14;6-5-3-1-2-4-7-5;1-3-4-2;/h1-3,6-11,13-14,17,25H,4-5,12,15H2,(H2,24,26);1-11,15H,19H2;1-11,16,21H;1-10H;8H,4-7H2,1-3H3,(H,13,14);1-4H;1,3-4H2,2H3;/q;;;;;;-1;+1. The third-order valence-electron chi connectivity index (χ3n) is 17.1. The number of amides is 1. The minimum atomic E-state index is -0.924. The van der Waals surface area contributed by atoms with Crippen molar-refractivity contribution in [3.63, 3.8) is 0 Å². The van der Waals surface area contributed by atoms with Crippen LogP contribution < -0.4 is 54.6 Å². The molecule has 5 aromatic heterocycles. The molecule has 15 rings (SSSR count). The molecule has 0 radical (unpaired) electrons. The first-order valence-corrected chi connectivity index (χ1v) is 38.4. The Kier molecular flexibility index (Phi) is 36.7. The van der Waals surface area contributed by atoms with Crippen molar-refractivity contribution in [2.75, 3.05) is 31.9 Å². The van der Waals surface area contributed by atoms with E-state index < -0.39 is 35.7 Å². The molecule has 0 spiro atoms. The number of nitrogens with zero attached hydrogens (tertiary/aromatic N) is 9. The van der Waals surface area contributed by atoms with Crippen LogP contribution in [0.5, 0.6) is 46.0 Å². The number of aliphatic hydroxyl groups is 1. The molecule has 0 bridgehead atoms. The minimum Gasteiger partial charge on any atom is -0.481 e. The number of aromatic nitrogens is 8. The van der Waals surface area contributed by atoms with Crippen LogP contribution in [0.15, 0.2) is 280 Å². The van der Waals surface area contributed by atoms with Gasteiger partial charge in [-0.05, 0) is 198 Å². The summed E-state index contributed by atoms with van der Waals surface area (Å²) in [4.78, 5) is 63.7. The number of carbonyl (C=O) groups is 3. The van der Waals surface area contributed by atoms with E-state index in [1.165, 1.54) is 29.9 Å². The normalized spacial score (nSPS) is 13.7. The Hall–Kier alpha value is -11.6. The van der Waals surface area contributed by atoms with Crippen molar-refractivity contribution in [1.82, 2.24) is 49.5 Å². The van der Waals surface area contributed by atoms with Crippen LogP contribution in [0.3, 0.4) is 0 Å². The van der Waals surface area contributed by atoms with E-state index in [0.717, 1.165) is 113 Å². The van der Waals surface area contributed by atoms with Crippen LogP contribution in [-0.2, 0) is 9.53 Å². The summed E-state index contributed by atoms with van der Waals surface area (Å²) in [6.45, 7) is 13.9. The average Bonchev–Trinajstić information content (AvgIpc) is 1.61. The summed E-state index contributed by atoms with van der Waals surface area (Å²) in [6.07, 6.45) is 16.8. The number of rotatable bonds is 17. The number of para-hydroxylation sites is 4. The number of carboxylic acids is 1. The summed E-state index contributed by atoms with van der Waals surface area (Å²) in [5.41, 5.74) is 17.7. The molecule has 2 aliphatic rings. The molecular weight excluding hydrogens is 1520 g/mol. The number of anilines is 1. The van der Waals surface area contributed by atoms with Crippen molar-refractivity contribution in [3.05, 3.63) is 336 Å². The van der Waals surface area contributed by atoms with Gasteiger partial charge in [0, 0.05) is 80.1 Å². The number of nitrogens with two attached hydrogens (primary N) is 2. The third kappa shape index (κ3) is 29.1. The molecule has 7 heterocycles. The van der Waals surface area contributed by atoms with E-state index in [1.807, 2.05) is 188 Å². The van der Waals surface area contributed by atoms with E-state index in [9.17, 15) is 19.5 Å². The summed E-state index contributed by atoms with van der Waals surface area (Å²) >= 11 is 17.4. The summed E-state index contributed by atoms with van der Waals surface area (Å²) in [5.74, 6) is 6.70. The minimum absolute atomic E-state index is 0. The van der Waals surface area contributed by atoms with Gasteiger partial charge in [0.2, 0.25) is 0 Å². The summed E-state index contributed by atoms with van der Waals surface area (Å²) < 4.78 is 30.2. The van der Waals surface area contributed by atoms with Crippen molar-refractivity contribution in [2.45, 2.75) is 89.9 Å². The van der Waals surface area contributed by atoms with Crippen LogP contribution >= 0.6 is 34.8 Å². The van der Waals surface area contributed by atoms with E-state index >= 15 is 0 Å². The van der Waals surface area contributed by atoms with Crippen molar-refractivity contribution in [2.24, 2.45) is 11.7 Å². The maximum Gasteiger partial charge on any atom is 1.00 e. The molecule has 116 heavy (non-hydrogen) atoms. The number of carboxylic acid groups (broad SMARTS) is 1. The van der Waals surface area contributed by atoms with Crippen molar-refractivity contribution < 1.29 is 67.1 Å². The van der Waals surface area contributed by atoms with Crippen LogP contribution in [0.25, 0.3) is 16.8 Å². The number of hydrogen-bond acceptors (Lipinski definition) is 19. The van der Waals surface area contributed by atoms with Crippen LogP contribution in [0.1, 0.15) is 123 Å². The van der Waals surface area contributed by atoms with E-state index in [1.54, 1.807) is 94.0 Å². The largest absolute Gasteiger partial charge is 1.00 e. The van der Waals surface area contributed by atoms with Gasteiger partial charge in [-0.3, -0.25) is 24.0 Å². The van der Waals surface area contributed by atoms with E-state index in [-0.39, 0.29) is 30.6 Å². The molecule has 1 amide bonds. The molecule has 2 saturated heterocycles. The Bertz CT molecular complexity index is 4920. The number of ether oxygens (including phenoxy) is 5. The van der Waals surface area contributed by atoms with Gasteiger partial charge in [-0.1, -0.05) is 151 Å². The number of hydrogen-bond donors (Lipinski definition) is 5. The number of aldehydes is 1. The maximum atomic E-state index is 11.7. The quantitative estimate of drug-likeness (QED) is 0.0245. The molecule has 7 N–H and O–H groups in total. The predicted octanol–water partition coefficient (Wildman–Crippen LogP) is 17.6. The predicted molar refractivity (Wildman–Crippen MR) is 450 cm³/mol. The van der Waals surface area contributed by atoms with E-state index in [0.29, 0.717) is 63.3 Å². The van der Waals surface area contributed by atoms with Gasteiger partial charge in [-0.25, -0.2) is 29.7 Å². The number of carbonyl (C=O) groups excluding carboxylic acids is 2. The molecule has 594 valence electrons. The monoisotopic (exact) mass is 1610 g/mol. The molecule has 2 aliphatic heterocycles. The molecule has 2 fully saturated rings. The number of aliphatic carboxylic acids is 1. The number of nitrogen functional groups attached to an aromatic ring is 1. The van der Waals surface area contributed by atoms with Crippen LogP contribution in [0.4, 0.5) is 10.6 Å². The number of halogens is 3. The van der Waals surface area contributed by atoms with Crippen molar-refractivity contribution >= 4 is 64.5 Å². The van der Waals surface area contributed by atoms with Crippen molar-refractivity contribution in [3.8, 4) is 57.3 Å². The van der Waals surface area contributed by atoms with Gasteiger partial charge in [-0.15, -0.1) is 0 Å². The molecule has 22 nitrogen and oxygen atoms in total. The van der Waals surface area contributed by atoms with Gasteiger partial charge in [-0.2, -0.15) is 6.42 Å².